The van der Waals surface area contributed by atoms with E-state index in [9.17, 15) is 4.79 Å². The van der Waals surface area contributed by atoms with Crippen molar-refractivity contribution in [3.05, 3.63) is 34.3 Å². The van der Waals surface area contributed by atoms with Crippen LogP contribution in [0.2, 0.25) is 0 Å². The lowest BCUT2D eigenvalue weighted by molar-refractivity contribution is -0.133. The van der Waals surface area contributed by atoms with Crippen molar-refractivity contribution in [1.29, 1.82) is 0 Å². The number of ether oxygens (including phenoxy) is 1. The van der Waals surface area contributed by atoms with E-state index >= 15 is 0 Å². The summed E-state index contributed by atoms with van der Waals surface area (Å²) in [6, 6.07) is 8.10. The quantitative estimate of drug-likeness (QED) is 0.808. The van der Waals surface area contributed by atoms with Gasteiger partial charge in [0.2, 0.25) is 5.91 Å². The number of methoxy groups -OCH3 is 1. The molecule has 1 aromatic rings. The molecule has 0 radical (unpaired) electrons. The van der Waals surface area contributed by atoms with E-state index in [1.54, 1.807) is 7.11 Å². The smallest absolute Gasteiger partial charge is 0.226 e. The summed E-state index contributed by atoms with van der Waals surface area (Å²) in [4.78, 5) is 14.1. The highest BCUT2D eigenvalue weighted by Crippen LogP contribution is 2.31. The van der Waals surface area contributed by atoms with E-state index in [-0.39, 0.29) is 11.8 Å². The molecule has 0 N–H and O–H groups in total. The molecule has 3 nitrogen and oxygen atoms in total. The monoisotopic (exact) mass is 311 g/mol. The first-order chi connectivity index (χ1) is 8.70. The zero-order valence-corrected chi connectivity index (χ0v) is 12.1. The van der Waals surface area contributed by atoms with Crippen LogP contribution in [0.4, 0.5) is 0 Å². The first kappa shape index (κ1) is 13.6. The van der Waals surface area contributed by atoms with Gasteiger partial charge in [-0.1, -0.05) is 28.1 Å². The number of halogens is 1. The van der Waals surface area contributed by atoms with Gasteiger partial charge in [0.15, 0.2) is 0 Å². The number of hydrogen-bond donors (Lipinski definition) is 0. The predicted octanol–water partition coefficient (Wildman–Crippen LogP) is 2.83. The molecule has 98 valence electrons. The van der Waals surface area contributed by atoms with Crippen LogP contribution in [0.25, 0.3) is 0 Å². The average Bonchev–Trinajstić information content (AvgIpc) is 3.20. The molecule has 4 heteroatoms. The molecule has 0 atom stereocenters. The Labute approximate surface area is 116 Å². The van der Waals surface area contributed by atoms with Gasteiger partial charge in [-0.2, -0.15) is 0 Å². The highest BCUT2D eigenvalue weighted by atomic mass is 79.9. The maximum atomic E-state index is 12.1. The molecule has 1 aliphatic rings. The largest absolute Gasteiger partial charge is 0.383 e. The van der Waals surface area contributed by atoms with Gasteiger partial charge in [-0.05, 0) is 30.5 Å². The summed E-state index contributed by atoms with van der Waals surface area (Å²) in [6.45, 7) is 1.93. The van der Waals surface area contributed by atoms with Gasteiger partial charge >= 0.3 is 0 Å². The zero-order chi connectivity index (χ0) is 13.0. The molecule has 0 spiro atoms. The average molecular weight is 312 g/mol. The van der Waals surface area contributed by atoms with Crippen LogP contribution in [0, 0.1) is 5.92 Å². The molecule has 1 fully saturated rings. The lowest BCUT2D eigenvalue weighted by Gasteiger charge is -2.22. The van der Waals surface area contributed by atoms with Gasteiger partial charge in [0.05, 0.1) is 6.61 Å². The summed E-state index contributed by atoms with van der Waals surface area (Å²) < 4.78 is 6.14. The first-order valence-corrected chi connectivity index (χ1v) is 7.02. The van der Waals surface area contributed by atoms with E-state index in [1.807, 2.05) is 29.2 Å². The molecular weight excluding hydrogens is 294 g/mol. The minimum Gasteiger partial charge on any atom is -0.383 e. The predicted molar refractivity (Wildman–Crippen MR) is 74.2 cm³/mol. The van der Waals surface area contributed by atoms with Crippen LogP contribution in [-0.4, -0.2) is 31.1 Å². The summed E-state index contributed by atoms with van der Waals surface area (Å²) >= 11 is 3.42. The fourth-order valence-corrected chi connectivity index (χ4v) is 2.13. The molecule has 0 unspecified atom stereocenters. The van der Waals surface area contributed by atoms with Crippen LogP contribution in [0.3, 0.4) is 0 Å². The van der Waals surface area contributed by atoms with Crippen molar-refractivity contribution >= 4 is 21.8 Å². The van der Waals surface area contributed by atoms with Gasteiger partial charge in [0, 0.05) is 30.6 Å². The third-order valence-corrected chi connectivity index (χ3v) is 3.62. The first-order valence-electron chi connectivity index (χ1n) is 6.23. The minimum atomic E-state index is 0.261. The lowest BCUT2D eigenvalue weighted by atomic mass is 10.2. The van der Waals surface area contributed by atoms with Crippen molar-refractivity contribution < 1.29 is 9.53 Å². The maximum Gasteiger partial charge on any atom is 0.226 e. The second-order valence-electron chi connectivity index (χ2n) is 4.65. The van der Waals surface area contributed by atoms with Gasteiger partial charge in [-0.15, -0.1) is 0 Å². The lowest BCUT2D eigenvalue weighted by Crippen LogP contribution is -2.34. The van der Waals surface area contributed by atoms with Gasteiger partial charge < -0.3 is 9.64 Å². The van der Waals surface area contributed by atoms with Crippen molar-refractivity contribution in [3.8, 4) is 0 Å². The summed E-state index contributed by atoms with van der Waals surface area (Å²) in [7, 11) is 1.67. The van der Waals surface area contributed by atoms with Gasteiger partial charge in [0.1, 0.15) is 0 Å². The summed E-state index contributed by atoms with van der Waals surface area (Å²) in [5, 5.41) is 0. The topological polar surface area (TPSA) is 29.5 Å². The standard InChI is InChI=1S/C14H18BrNO2/c1-18-9-8-16(14(17)12-4-5-12)10-11-2-6-13(15)7-3-11/h2-3,6-7,12H,4-5,8-10H2,1H3. The Kier molecular flexibility index (Phi) is 4.78. The van der Waals surface area contributed by atoms with Crippen LogP contribution < -0.4 is 0 Å². The molecule has 18 heavy (non-hydrogen) atoms. The SMILES string of the molecule is COCCN(Cc1ccc(Br)cc1)C(=O)C1CC1. The molecule has 0 heterocycles. The Morgan fingerprint density at radius 1 is 1.39 bits per heavy atom. The summed E-state index contributed by atoms with van der Waals surface area (Å²) in [5.74, 6) is 0.535. The van der Waals surface area contributed by atoms with Crippen molar-refractivity contribution in [2.75, 3.05) is 20.3 Å². The minimum absolute atomic E-state index is 0.261. The Morgan fingerprint density at radius 2 is 2.06 bits per heavy atom. The highest BCUT2D eigenvalue weighted by Gasteiger charge is 2.33. The zero-order valence-electron chi connectivity index (χ0n) is 10.6. The van der Waals surface area contributed by atoms with Crippen molar-refractivity contribution in [3.63, 3.8) is 0 Å². The van der Waals surface area contributed by atoms with E-state index in [0.29, 0.717) is 19.7 Å². The fraction of sp³-hybridized carbons (Fsp3) is 0.500. The second-order valence-corrected chi connectivity index (χ2v) is 5.57. The Bertz CT molecular complexity index is 401. The van der Waals surface area contributed by atoms with E-state index in [2.05, 4.69) is 15.9 Å². The molecule has 0 bridgehead atoms. The van der Waals surface area contributed by atoms with Crippen LogP contribution in [0.1, 0.15) is 18.4 Å². The molecule has 0 saturated heterocycles. The summed E-state index contributed by atoms with van der Waals surface area (Å²) in [5.41, 5.74) is 1.16. The van der Waals surface area contributed by atoms with Crippen LogP contribution in [0.5, 0.6) is 0 Å². The molecule has 0 aromatic heterocycles. The third kappa shape index (κ3) is 3.82. The number of benzene rings is 1. The van der Waals surface area contributed by atoms with E-state index in [1.165, 1.54) is 0 Å². The van der Waals surface area contributed by atoms with Crippen LogP contribution in [0.15, 0.2) is 28.7 Å². The van der Waals surface area contributed by atoms with Crippen molar-refractivity contribution in [1.82, 2.24) is 4.90 Å². The Morgan fingerprint density at radius 3 is 2.61 bits per heavy atom. The summed E-state index contributed by atoms with van der Waals surface area (Å²) in [6.07, 6.45) is 2.09. The number of carbonyl (C=O) groups excluding carboxylic acids is 1. The Hall–Kier alpha value is -0.870. The molecule has 1 saturated carbocycles. The number of hydrogen-bond acceptors (Lipinski definition) is 2. The molecule has 2 rings (SSSR count). The normalized spacial score (nSPS) is 14.6. The van der Waals surface area contributed by atoms with Gasteiger partial charge in [0.25, 0.3) is 0 Å². The molecular formula is C14H18BrNO2. The van der Waals surface area contributed by atoms with Crippen LogP contribution in [-0.2, 0) is 16.1 Å². The molecule has 1 amide bonds. The van der Waals surface area contributed by atoms with E-state index < -0.39 is 0 Å². The molecule has 1 aliphatic carbocycles. The third-order valence-electron chi connectivity index (χ3n) is 3.09. The molecule has 0 aliphatic heterocycles. The number of rotatable bonds is 6. The van der Waals surface area contributed by atoms with E-state index in [0.717, 1.165) is 22.9 Å². The fourth-order valence-electron chi connectivity index (χ4n) is 1.87. The highest BCUT2D eigenvalue weighted by molar-refractivity contribution is 9.10. The van der Waals surface area contributed by atoms with Gasteiger partial charge in [-0.25, -0.2) is 0 Å². The number of carbonyl (C=O) groups is 1. The van der Waals surface area contributed by atoms with Crippen molar-refractivity contribution in [2.24, 2.45) is 5.92 Å². The van der Waals surface area contributed by atoms with Crippen molar-refractivity contribution in [2.45, 2.75) is 19.4 Å². The number of amides is 1. The Balaban J connectivity index is 1.99. The van der Waals surface area contributed by atoms with E-state index in [4.69, 9.17) is 4.74 Å². The molecule has 1 aromatic carbocycles. The van der Waals surface area contributed by atoms with Crippen LogP contribution >= 0.6 is 15.9 Å². The maximum absolute atomic E-state index is 12.1. The number of nitrogens with zero attached hydrogens (tertiary/aromatic N) is 1. The second kappa shape index (κ2) is 6.34. The van der Waals surface area contributed by atoms with Gasteiger partial charge in [-0.3, -0.25) is 4.79 Å².